The SMILES string of the molecule is Cl.O=C(Nc1nc(CN2CCOCC2)cs1)C1CCNCC1. The summed E-state index contributed by atoms with van der Waals surface area (Å²) in [5, 5.41) is 9.00. The fraction of sp³-hybridized carbons (Fsp3) is 0.714. The van der Waals surface area contributed by atoms with Gasteiger partial charge in [0, 0.05) is 30.9 Å². The van der Waals surface area contributed by atoms with Gasteiger partial charge in [0.05, 0.1) is 18.9 Å². The maximum atomic E-state index is 12.2. The van der Waals surface area contributed by atoms with E-state index in [1.807, 2.05) is 5.38 Å². The Hall–Kier alpha value is -0.730. The Bertz CT molecular complexity index is 473. The second kappa shape index (κ2) is 8.79. The molecule has 0 radical (unpaired) electrons. The number of ether oxygens (including phenoxy) is 1. The van der Waals surface area contributed by atoms with Crippen molar-refractivity contribution >= 4 is 34.8 Å². The van der Waals surface area contributed by atoms with Crippen molar-refractivity contribution in [3.63, 3.8) is 0 Å². The third kappa shape index (κ3) is 4.89. The lowest BCUT2D eigenvalue weighted by atomic mass is 9.97. The van der Waals surface area contributed by atoms with Crippen LogP contribution in [-0.2, 0) is 16.1 Å². The highest BCUT2D eigenvalue weighted by Gasteiger charge is 2.22. The maximum absolute atomic E-state index is 12.2. The number of amides is 1. The molecule has 0 saturated carbocycles. The number of carbonyl (C=O) groups excluding carboxylic acids is 1. The van der Waals surface area contributed by atoms with Crippen LogP contribution in [-0.4, -0.2) is 55.2 Å². The zero-order valence-electron chi connectivity index (χ0n) is 12.5. The molecule has 1 amide bonds. The summed E-state index contributed by atoms with van der Waals surface area (Å²) in [6.07, 6.45) is 1.83. The van der Waals surface area contributed by atoms with Crippen LogP contribution < -0.4 is 10.6 Å². The molecule has 6 nitrogen and oxygen atoms in total. The fourth-order valence-corrected chi connectivity index (χ4v) is 3.42. The van der Waals surface area contributed by atoms with Crippen molar-refractivity contribution in [3.8, 4) is 0 Å². The van der Waals surface area contributed by atoms with Gasteiger partial charge in [-0.2, -0.15) is 0 Å². The number of nitrogens with one attached hydrogen (secondary N) is 2. The summed E-state index contributed by atoms with van der Waals surface area (Å²) in [4.78, 5) is 19.0. The third-order valence-corrected chi connectivity index (χ3v) is 4.79. The van der Waals surface area contributed by atoms with Gasteiger partial charge in [0.15, 0.2) is 5.13 Å². The molecule has 22 heavy (non-hydrogen) atoms. The van der Waals surface area contributed by atoms with Crippen molar-refractivity contribution < 1.29 is 9.53 Å². The first-order valence-electron chi connectivity index (χ1n) is 7.57. The Morgan fingerprint density at radius 2 is 2.14 bits per heavy atom. The number of nitrogens with zero attached hydrogens (tertiary/aromatic N) is 2. The Labute approximate surface area is 141 Å². The third-order valence-electron chi connectivity index (χ3n) is 3.98. The van der Waals surface area contributed by atoms with Crippen LogP contribution in [0.2, 0.25) is 0 Å². The summed E-state index contributed by atoms with van der Waals surface area (Å²) < 4.78 is 5.34. The molecule has 0 aliphatic carbocycles. The average molecular weight is 347 g/mol. The molecule has 0 spiro atoms. The Morgan fingerprint density at radius 3 is 2.86 bits per heavy atom. The van der Waals surface area contributed by atoms with Crippen LogP contribution in [0, 0.1) is 5.92 Å². The lowest BCUT2D eigenvalue weighted by Crippen LogP contribution is -2.35. The molecule has 2 saturated heterocycles. The van der Waals surface area contributed by atoms with E-state index >= 15 is 0 Å². The predicted molar refractivity (Wildman–Crippen MR) is 89.7 cm³/mol. The second-order valence-electron chi connectivity index (χ2n) is 5.55. The summed E-state index contributed by atoms with van der Waals surface area (Å²) in [7, 11) is 0. The minimum Gasteiger partial charge on any atom is -0.379 e. The molecular formula is C14H23ClN4O2S. The van der Waals surface area contributed by atoms with Crippen LogP contribution in [0.15, 0.2) is 5.38 Å². The number of piperidine rings is 1. The van der Waals surface area contributed by atoms with Crippen molar-refractivity contribution in [2.24, 2.45) is 5.92 Å². The highest BCUT2D eigenvalue weighted by molar-refractivity contribution is 7.13. The Morgan fingerprint density at radius 1 is 1.41 bits per heavy atom. The Balaban J connectivity index is 0.00000176. The van der Waals surface area contributed by atoms with Crippen molar-refractivity contribution in [1.82, 2.24) is 15.2 Å². The van der Waals surface area contributed by atoms with E-state index in [2.05, 4.69) is 20.5 Å². The van der Waals surface area contributed by atoms with Gasteiger partial charge in [0.1, 0.15) is 0 Å². The molecule has 0 aromatic carbocycles. The normalized spacial score (nSPS) is 20.4. The van der Waals surface area contributed by atoms with Gasteiger partial charge in [-0.3, -0.25) is 9.69 Å². The molecule has 2 fully saturated rings. The maximum Gasteiger partial charge on any atom is 0.229 e. The van der Waals surface area contributed by atoms with Crippen LogP contribution in [0.1, 0.15) is 18.5 Å². The zero-order valence-corrected chi connectivity index (χ0v) is 14.2. The molecule has 0 atom stereocenters. The fourth-order valence-electron chi connectivity index (χ4n) is 2.72. The minimum absolute atomic E-state index is 0. The van der Waals surface area contributed by atoms with E-state index in [9.17, 15) is 4.79 Å². The first-order chi connectivity index (χ1) is 10.3. The lowest BCUT2D eigenvalue weighted by molar-refractivity contribution is -0.120. The van der Waals surface area contributed by atoms with E-state index in [0.29, 0.717) is 0 Å². The largest absolute Gasteiger partial charge is 0.379 e. The molecule has 124 valence electrons. The van der Waals surface area contributed by atoms with E-state index in [-0.39, 0.29) is 24.2 Å². The summed E-state index contributed by atoms with van der Waals surface area (Å²) in [6.45, 7) is 6.19. The monoisotopic (exact) mass is 346 g/mol. The number of hydrogen-bond donors (Lipinski definition) is 2. The van der Waals surface area contributed by atoms with E-state index in [4.69, 9.17) is 4.74 Å². The molecule has 0 unspecified atom stereocenters. The van der Waals surface area contributed by atoms with Crippen LogP contribution in [0.3, 0.4) is 0 Å². The number of carbonyl (C=O) groups is 1. The number of aromatic nitrogens is 1. The molecule has 1 aromatic heterocycles. The molecule has 3 heterocycles. The summed E-state index contributed by atoms with van der Waals surface area (Å²) in [5.41, 5.74) is 1.03. The summed E-state index contributed by atoms with van der Waals surface area (Å²) in [6, 6.07) is 0. The summed E-state index contributed by atoms with van der Waals surface area (Å²) >= 11 is 1.51. The molecule has 0 bridgehead atoms. The molecular weight excluding hydrogens is 324 g/mol. The number of thiazole rings is 1. The lowest BCUT2D eigenvalue weighted by Gasteiger charge is -2.25. The van der Waals surface area contributed by atoms with E-state index in [1.165, 1.54) is 11.3 Å². The number of anilines is 1. The van der Waals surface area contributed by atoms with Crippen LogP contribution in [0.25, 0.3) is 0 Å². The first-order valence-corrected chi connectivity index (χ1v) is 8.45. The van der Waals surface area contributed by atoms with Gasteiger partial charge >= 0.3 is 0 Å². The van der Waals surface area contributed by atoms with E-state index in [1.54, 1.807) is 0 Å². The van der Waals surface area contributed by atoms with E-state index < -0.39 is 0 Å². The van der Waals surface area contributed by atoms with Crippen molar-refractivity contribution in [3.05, 3.63) is 11.1 Å². The van der Waals surface area contributed by atoms with Gasteiger partial charge in [-0.15, -0.1) is 23.7 Å². The number of rotatable bonds is 4. The summed E-state index contributed by atoms with van der Waals surface area (Å²) in [5.74, 6) is 0.238. The molecule has 2 N–H and O–H groups in total. The van der Waals surface area contributed by atoms with Gasteiger partial charge in [-0.1, -0.05) is 0 Å². The number of hydrogen-bond acceptors (Lipinski definition) is 6. The number of halogens is 1. The van der Waals surface area contributed by atoms with Gasteiger partial charge < -0.3 is 15.4 Å². The minimum atomic E-state index is 0. The van der Waals surface area contributed by atoms with Crippen molar-refractivity contribution in [2.75, 3.05) is 44.7 Å². The van der Waals surface area contributed by atoms with Crippen LogP contribution in [0.4, 0.5) is 5.13 Å². The first kappa shape index (κ1) is 17.6. The Kier molecular flexibility index (Phi) is 7.04. The predicted octanol–water partition coefficient (Wildman–Crippen LogP) is 1.34. The van der Waals surface area contributed by atoms with Crippen molar-refractivity contribution in [2.45, 2.75) is 19.4 Å². The highest BCUT2D eigenvalue weighted by atomic mass is 35.5. The smallest absolute Gasteiger partial charge is 0.229 e. The second-order valence-corrected chi connectivity index (χ2v) is 6.40. The quantitative estimate of drug-likeness (QED) is 0.861. The molecule has 2 aliphatic heterocycles. The highest BCUT2D eigenvalue weighted by Crippen LogP contribution is 2.20. The van der Waals surface area contributed by atoms with Crippen LogP contribution in [0.5, 0.6) is 0 Å². The van der Waals surface area contributed by atoms with E-state index in [0.717, 1.165) is 69.6 Å². The van der Waals surface area contributed by atoms with Gasteiger partial charge in [-0.25, -0.2) is 4.98 Å². The molecule has 8 heteroatoms. The number of morpholine rings is 1. The average Bonchev–Trinajstić information content (AvgIpc) is 2.96. The van der Waals surface area contributed by atoms with Crippen molar-refractivity contribution in [1.29, 1.82) is 0 Å². The molecule has 1 aromatic rings. The topological polar surface area (TPSA) is 66.5 Å². The molecule has 3 rings (SSSR count). The standard InChI is InChI=1S/C14H22N4O2S.ClH/c19-13(11-1-3-15-4-2-11)17-14-16-12(10-21-14)9-18-5-7-20-8-6-18;/h10-11,15H,1-9H2,(H,16,17,19);1H. The van der Waals surface area contributed by atoms with Crippen LogP contribution >= 0.6 is 23.7 Å². The van der Waals surface area contributed by atoms with Gasteiger partial charge in [-0.05, 0) is 25.9 Å². The van der Waals surface area contributed by atoms with Gasteiger partial charge in [0.25, 0.3) is 0 Å². The zero-order chi connectivity index (χ0) is 14.5. The molecule has 2 aliphatic rings. The van der Waals surface area contributed by atoms with Gasteiger partial charge in [0.2, 0.25) is 5.91 Å².